The highest BCUT2D eigenvalue weighted by Gasteiger charge is 2.35. The number of likely N-dealkylation sites (tertiary alicyclic amines) is 1. The highest BCUT2D eigenvalue weighted by molar-refractivity contribution is 5.69. The Morgan fingerprint density at radius 2 is 1.93 bits per heavy atom. The fraction of sp³-hybridized carbons (Fsp3) is 0.455. The van der Waals surface area contributed by atoms with Crippen molar-refractivity contribution >= 4 is 6.09 Å². The van der Waals surface area contributed by atoms with Gasteiger partial charge in [0.15, 0.2) is 0 Å². The Hall–Kier alpha value is -2.40. The van der Waals surface area contributed by atoms with Gasteiger partial charge in [-0.25, -0.2) is 4.79 Å². The molecule has 2 atom stereocenters. The molecule has 2 heterocycles. The van der Waals surface area contributed by atoms with Crippen LogP contribution in [-0.4, -0.2) is 40.2 Å². The van der Waals surface area contributed by atoms with E-state index in [0.717, 1.165) is 29.8 Å². The molecule has 3 rings (SSSR count). The van der Waals surface area contributed by atoms with Gasteiger partial charge in [0.1, 0.15) is 5.60 Å². The summed E-state index contributed by atoms with van der Waals surface area (Å²) in [5.74, 6) is 0. The molecule has 1 fully saturated rings. The lowest BCUT2D eigenvalue weighted by molar-refractivity contribution is 0.00685. The van der Waals surface area contributed by atoms with Crippen molar-refractivity contribution in [3.05, 3.63) is 54.2 Å². The molecule has 1 aromatic heterocycles. The van der Waals surface area contributed by atoms with E-state index in [2.05, 4.69) is 0 Å². The average molecular weight is 367 g/mol. The number of piperidine rings is 1. The predicted octanol–water partition coefficient (Wildman–Crippen LogP) is 4.02. The summed E-state index contributed by atoms with van der Waals surface area (Å²) in [6, 6.07) is 15.9. The van der Waals surface area contributed by atoms with Gasteiger partial charge in [-0.05, 0) is 45.7 Å². The third kappa shape index (κ3) is 5.07. The first-order valence-electron chi connectivity index (χ1n) is 9.60. The Bertz CT molecular complexity index is 771. The van der Waals surface area contributed by atoms with Gasteiger partial charge in [-0.1, -0.05) is 36.4 Å². The number of pyridine rings is 1. The minimum atomic E-state index is -0.519. The standard InChI is InChI=1S/C22H29N3O2/c1-22(2,3)27-21(26)25-14-8-12-18(23)20(25)15-17-11-7-13-19(24-17)16-9-5-4-6-10-16/h4-7,9-11,13,18,20H,8,12,14-15,23H2,1-3H3/t18-,20-/m1/s1. The summed E-state index contributed by atoms with van der Waals surface area (Å²) in [6.07, 6.45) is 2.14. The molecule has 0 spiro atoms. The Morgan fingerprint density at radius 3 is 2.63 bits per heavy atom. The zero-order chi connectivity index (χ0) is 19.4. The van der Waals surface area contributed by atoms with E-state index in [1.54, 1.807) is 4.90 Å². The third-order valence-electron chi connectivity index (χ3n) is 4.75. The van der Waals surface area contributed by atoms with Crippen LogP contribution >= 0.6 is 0 Å². The van der Waals surface area contributed by atoms with Crippen LogP contribution in [0.5, 0.6) is 0 Å². The van der Waals surface area contributed by atoms with Gasteiger partial charge in [-0.3, -0.25) is 4.98 Å². The summed E-state index contributed by atoms with van der Waals surface area (Å²) in [6.45, 7) is 6.32. The fourth-order valence-electron chi connectivity index (χ4n) is 3.47. The molecule has 0 aliphatic carbocycles. The number of hydrogen-bond donors (Lipinski definition) is 1. The quantitative estimate of drug-likeness (QED) is 0.890. The minimum absolute atomic E-state index is 0.0755. The van der Waals surface area contributed by atoms with Crippen LogP contribution in [0.25, 0.3) is 11.3 Å². The number of carbonyl (C=O) groups is 1. The van der Waals surface area contributed by atoms with Crippen LogP contribution in [0.4, 0.5) is 4.79 Å². The van der Waals surface area contributed by atoms with Gasteiger partial charge in [0.05, 0.1) is 11.7 Å². The second kappa shape index (κ2) is 8.09. The van der Waals surface area contributed by atoms with E-state index in [9.17, 15) is 4.79 Å². The summed E-state index contributed by atoms with van der Waals surface area (Å²) < 4.78 is 5.60. The third-order valence-corrected chi connectivity index (χ3v) is 4.75. The van der Waals surface area contributed by atoms with E-state index < -0.39 is 5.60 Å². The maximum atomic E-state index is 12.7. The molecule has 144 valence electrons. The zero-order valence-electron chi connectivity index (χ0n) is 16.4. The average Bonchev–Trinajstić information content (AvgIpc) is 2.63. The van der Waals surface area contributed by atoms with E-state index >= 15 is 0 Å². The molecule has 0 radical (unpaired) electrons. The topological polar surface area (TPSA) is 68.5 Å². The van der Waals surface area contributed by atoms with Gasteiger partial charge in [-0.15, -0.1) is 0 Å². The highest BCUT2D eigenvalue weighted by Crippen LogP contribution is 2.24. The molecule has 2 N–H and O–H groups in total. The first-order valence-corrected chi connectivity index (χ1v) is 9.60. The Morgan fingerprint density at radius 1 is 1.19 bits per heavy atom. The number of hydrogen-bond acceptors (Lipinski definition) is 4. The molecular weight excluding hydrogens is 338 g/mol. The van der Waals surface area contributed by atoms with E-state index in [-0.39, 0.29) is 18.2 Å². The summed E-state index contributed by atoms with van der Waals surface area (Å²) in [5.41, 5.74) is 8.82. The van der Waals surface area contributed by atoms with Crippen molar-refractivity contribution in [2.75, 3.05) is 6.54 Å². The largest absolute Gasteiger partial charge is 0.444 e. The Labute approximate surface area is 161 Å². The van der Waals surface area contributed by atoms with Crippen LogP contribution in [0.1, 0.15) is 39.3 Å². The summed E-state index contributed by atoms with van der Waals surface area (Å²) >= 11 is 0. The van der Waals surface area contributed by atoms with Crippen molar-refractivity contribution in [1.29, 1.82) is 0 Å². The molecule has 1 amide bonds. The molecular formula is C22H29N3O2. The monoisotopic (exact) mass is 367 g/mol. The van der Waals surface area contributed by atoms with Crippen molar-refractivity contribution in [3.8, 4) is 11.3 Å². The van der Waals surface area contributed by atoms with Crippen molar-refractivity contribution in [2.45, 2.75) is 57.7 Å². The maximum Gasteiger partial charge on any atom is 0.410 e. The van der Waals surface area contributed by atoms with Crippen LogP contribution in [-0.2, 0) is 11.2 Å². The number of aromatic nitrogens is 1. The summed E-state index contributed by atoms with van der Waals surface area (Å²) in [5, 5.41) is 0. The van der Waals surface area contributed by atoms with E-state index in [1.807, 2.05) is 69.3 Å². The van der Waals surface area contributed by atoms with Gasteiger partial charge in [-0.2, -0.15) is 0 Å². The van der Waals surface area contributed by atoms with Gasteiger partial charge >= 0.3 is 6.09 Å². The van der Waals surface area contributed by atoms with Crippen molar-refractivity contribution in [3.63, 3.8) is 0 Å². The number of amides is 1. The molecule has 1 aliphatic rings. The summed E-state index contributed by atoms with van der Waals surface area (Å²) in [7, 11) is 0. The summed E-state index contributed by atoms with van der Waals surface area (Å²) in [4.78, 5) is 19.3. The van der Waals surface area contributed by atoms with Crippen LogP contribution in [0.2, 0.25) is 0 Å². The number of carbonyl (C=O) groups excluding carboxylic acids is 1. The van der Waals surface area contributed by atoms with Crippen LogP contribution < -0.4 is 5.73 Å². The van der Waals surface area contributed by atoms with Crippen LogP contribution in [0.3, 0.4) is 0 Å². The molecule has 27 heavy (non-hydrogen) atoms. The lowest BCUT2D eigenvalue weighted by atomic mass is 9.93. The number of nitrogens with two attached hydrogens (primary N) is 1. The molecule has 5 nitrogen and oxygen atoms in total. The van der Waals surface area contributed by atoms with Crippen molar-refractivity contribution < 1.29 is 9.53 Å². The smallest absolute Gasteiger partial charge is 0.410 e. The van der Waals surface area contributed by atoms with Gasteiger partial charge in [0.25, 0.3) is 0 Å². The zero-order valence-corrected chi connectivity index (χ0v) is 16.4. The second-order valence-electron chi connectivity index (χ2n) is 8.13. The molecule has 2 aromatic rings. The van der Waals surface area contributed by atoms with E-state index in [0.29, 0.717) is 13.0 Å². The first-order chi connectivity index (χ1) is 12.8. The molecule has 0 unspecified atom stereocenters. The van der Waals surface area contributed by atoms with Crippen molar-refractivity contribution in [2.24, 2.45) is 5.73 Å². The number of nitrogens with zero attached hydrogens (tertiary/aromatic N) is 2. The second-order valence-corrected chi connectivity index (χ2v) is 8.13. The van der Waals surface area contributed by atoms with Gasteiger partial charge in [0.2, 0.25) is 0 Å². The number of rotatable bonds is 3. The van der Waals surface area contributed by atoms with Crippen LogP contribution in [0.15, 0.2) is 48.5 Å². The van der Waals surface area contributed by atoms with E-state index in [1.165, 1.54) is 0 Å². The molecule has 0 saturated carbocycles. The number of ether oxygens (including phenoxy) is 1. The molecule has 0 bridgehead atoms. The fourth-order valence-corrected chi connectivity index (χ4v) is 3.47. The van der Waals surface area contributed by atoms with Crippen molar-refractivity contribution in [1.82, 2.24) is 9.88 Å². The number of benzene rings is 1. The van der Waals surface area contributed by atoms with Gasteiger partial charge < -0.3 is 15.4 Å². The first kappa shape index (κ1) is 19.4. The Kier molecular flexibility index (Phi) is 5.80. The SMILES string of the molecule is CC(C)(C)OC(=O)N1CCC[C@@H](N)[C@H]1Cc1cccc(-c2ccccc2)n1. The molecule has 1 aromatic carbocycles. The van der Waals surface area contributed by atoms with Crippen LogP contribution in [0, 0.1) is 0 Å². The molecule has 5 heteroatoms. The van der Waals surface area contributed by atoms with E-state index in [4.69, 9.17) is 15.5 Å². The predicted molar refractivity (Wildman–Crippen MR) is 107 cm³/mol. The molecule has 1 aliphatic heterocycles. The molecule has 1 saturated heterocycles. The Balaban J connectivity index is 1.80. The highest BCUT2D eigenvalue weighted by atomic mass is 16.6. The lowest BCUT2D eigenvalue weighted by Crippen LogP contribution is -2.56. The normalized spacial score (nSPS) is 20.4. The minimum Gasteiger partial charge on any atom is -0.444 e. The lowest BCUT2D eigenvalue weighted by Gasteiger charge is -2.40. The van der Waals surface area contributed by atoms with Gasteiger partial charge in [0, 0.05) is 30.3 Å². The maximum absolute atomic E-state index is 12.7.